The molecule has 42 valence electrons. The smallest absolute Gasteiger partial charge is 0.0737 e. The number of hydrogen-bond acceptors (Lipinski definition) is 5. The molecule has 6 nitrogen and oxygen atoms in total. The summed E-state index contributed by atoms with van der Waals surface area (Å²) < 4.78 is 0. The summed E-state index contributed by atoms with van der Waals surface area (Å²) in [4.78, 5) is 0. The van der Waals surface area contributed by atoms with E-state index < -0.39 is 0 Å². The minimum atomic E-state index is 0. The second-order valence-electron chi connectivity index (χ2n) is 0.0816. The Labute approximate surface area is 32.9 Å². The lowest BCUT2D eigenvalue weighted by molar-refractivity contribution is -0.465. The summed E-state index contributed by atoms with van der Waals surface area (Å²) in [6.45, 7) is 0. The lowest BCUT2D eigenvalue weighted by Gasteiger charge is -1.56. The zero-order valence-corrected chi connectivity index (χ0v) is 2.70. The van der Waals surface area contributed by atoms with Crippen molar-refractivity contribution in [3.05, 3.63) is 0 Å². The van der Waals surface area contributed by atoms with E-state index in [4.69, 9.17) is 21.0 Å². The first-order valence-corrected chi connectivity index (χ1v) is 0.565. The van der Waals surface area contributed by atoms with E-state index in [0.717, 1.165) is 0 Å². The minimum absolute atomic E-state index is 0. The van der Waals surface area contributed by atoms with Gasteiger partial charge in [-0.15, -0.1) is 0 Å². The van der Waals surface area contributed by atoms with Crippen LogP contribution in [-0.4, -0.2) is 26.5 Å². The number of rotatable bonds is 0. The SMILES string of the molecule is O.OO.OOO. The Morgan fingerprint density at radius 1 is 1.00 bits per heavy atom. The summed E-state index contributed by atoms with van der Waals surface area (Å²) in [5.41, 5.74) is 0. The van der Waals surface area contributed by atoms with Crippen molar-refractivity contribution in [3.63, 3.8) is 0 Å². The molecule has 0 spiro atoms. The van der Waals surface area contributed by atoms with E-state index in [2.05, 4.69) is 5.04 Å². The Morgan fingerprint density at radius 2 is 1.00 bits per heavy atom. The van der Waals surface area contributed by atoms with Gasteiger partial charge in [0.05, 0.1) is 0 Å². The van der Waals surface area contributed by atoms with Gasteiger partial charge in [-0.2, -0.15) is 0 Å². The van der Waals surface area contributed by atoms with Crippen LogP contribution in [0.1, 0.15) is 0 Å². The van der Waals surface area contributed by atoms with Crippen molar-refractivity contribution >= 4 is 0 Å². The lowest BCUT2D eigenvalue weighted by atomic mass is 14.6. The zero-order chi connectivity index (χ0) is 4.71. The Balaban J connectivity index is -0.0000000275. The van der Waals surface area contributed by atoms with Crippen molar-refractivity contribution in [2.45, 2.75) is 0 Å². The molecule has 6 N–H and O–H groups in total. The second-order valence-corrected chi connectivity index (χ2v) is 0.0816. The van der Waals surface area contributed by atoms with Crippen LogP contribution in [0.4, 0.5) is 0 Å². The van der Waals surface area contributed by atoms with Gasteiger partial charge in [0.25, 0.3) is 0 Å². The molecule has 0 aliphatic rings. The van der Waals surface area contributed by atoms with Crippen molar-refractivity contribution in [2.75, 3.05) is 0 Å². The molecule has 0 aliphatic carbocycles. The molecule has 0 fully saturated rings. The van der Waals surface area contributed by atoms with Crippen molar-refractivity contribution in [1.82, 2.24) is 0 Å². The normalized spacial score (nSPS) is 4.00. The summed E-state index contributed by atoms with van der Waals surface area (Å²) >= 11 is 0. The maximum atomic E-state index is 6.62. The molecule has 0 aromatic heterocycles. The predicted molar refractivity (Wildman–Crippen MR) is 15.2 cm³/mol. The van der Waals surface area contributed by atoms with Gasteiger partial charge in [-0.1, -0.05) is 5.04 Å². The first kappa shape index (κ1) is 17.1. The molecule has 0 unspecified atom stereocenters. The molecule has 0 radical (unpaired) electrons. The van der Waals surface area contributed by atoms with Crippen molar-refractivity contribution in [3.8, 4) is 0 Å². The van der Waals surface area contributed by atoms with E-state index in [1.807, 2.05) is 0 Å². The molecule has 0 atom stereocenters. The first-order chi connectivity index (χ1) is 2.41. The van der Waals surface area contributed by atoms with Gasteiger partial charge in [-0.25, -0.2) is 10.5 Å². The molecular formula is H6O6. The van der Waals surface area contributed by atoms with Crippen LogP contribution in [0, 0.1) is 0 Å². The Morgan fingerprint density at radius 3 is 1.00 bits per heavy atom. The quantitative estimate of drug-likeness (QED) is 0.234. The average Bonchev–Trinajstić information content (AvgIpc) is 1.46. The molecule has 0 aromatic rings. The Bertz CT molecular complexity index is 0. The van der Waals surface area contributed by atoms with E-state index >= 15 is 0 Å². The highest BCUT2D eigenvalue weighted by atomic mass is 17.4. The van der Waals surface area contributed by atoms with Gasteiger partial charge in [0.1, 0.15) is 0 Å². The highest BCUT2D eigenvalue weighted by Crippen LogP contribution is 1.24. The maximum Gasteiger partial charge on any atom is -0.0737 e. The van der Waals surface area contributed by atoms with Crippen LogP contribution in [0.2, 0.25) is 0 Å². The van der Waals surface area contributed by atoms with Crippen LogP contribution >= 0.6 is 0 Å². The average molecular weight is 102 g/mol. The van der Waals surface area contributed by atoms with Gasteiger partial charge in [0.15, 0.2) is 0 Å². The molecule has 0 amide bonds. The third kappa shape index (κ3) is 497. The fourth-order valence-corrected chi connectivity index (χ4v) is 0. The lowest BCUT2D eigenvalue weighted by Crippen LogP contribution is -1.60. The number of hydrogen-bond donors (Lipinski definition) is 4. The van der Waals surface area contributed by atoms with Crippen LogP contribution < -0.4 is 0 Å². The molecule has 0 saturated carbocycles. The van der Waals surface area contributed by atoms with Gasteiger partial charge in [-0.05, 0) is 0 Å². The molecule has 0 bridgehead atoms. The second kappa shape index (κ2) is 117. The maximum absolute atomic E-state index is 6.62. The van der Waals surface area contributed by atoms with Gasteiger partial charge in [-0.3, -0.25) is 10.5 Å². The van der Waals surface area contributed by atoms with E-state index in [1.165, 1.54) is 0 Å². The van der Waals surface area contributed by atoms with E-state index in [-0.39, 0.29) is 5.48 Å². The highest BCUT2D eigenvalue weighted by Gasteiger charge is 1.27. The topological polar surface area (TPSA) is 122 Å². The van der Waals surface area contributed by atoms with Gasteiger partial charge >= 0.3 is 0 Å². The van der Waals surface area contributed by atoms with Crippen LogP contribution in [0.3, 0.4) is 0 Å². The van der Waals surface area contributed by atoms with E-state index in [9.17, 15) is 0 Å². The molecule has 6 heteroatoms. The van der Waals surface area contributed by atoms with Crippen molar-refractivity contribution in [2.24, 2.45) is 0 Å². The highest BCUT2D eigenvalue weighted by molar-refractivity contribution is 2.38. The third-order valence-corrected chi connectivity index (χ3v) is 0. The molecule has 6 heavy (non-hydrogen) atoms. The minimum Gasteiger partial charge on any atom is -0.412 e. The molecule has 0 aliphatic heterocycles. The summed E-state index contributed by atoms with van der Waals surface area (Å²) in [5, 5.41) is 27.5. The fraction of sp³-hybridized carbons (Fsp3) is 0. The third-order valence-electron chi connectivity index (χ3n) is 0. The van der Waals surface area contributed by atoms with Crippen molar-refractivity contribution < 1.29 is 31.5 Å². The summed E-state index contributed by atoms with van der Waals surface area (Å²) in [7, 11) is 0. The van der Waals surface area contributed by atoms with Gasteiger partial charge in [0, 0.05) is 0 Å². The summed E-state index contributed by atoms with van der Waals surface area (Å²) in [6.07, 6.45) is 0. The van der Waals surface area contributed by atoms with Crippen LogP contribution in [0.5, 0.6) is 0 Å². The van der Waals surface area contributed by atoms with E-state index in [0.29, 0.717) is 0 Å². The Kier molecular flexibility index (Phi) is 333. The summed E-state index contributed by atoms with van der Waals surface area (Å²) in [5.74, 6) is 0. The molecule has 0 aromatic carbocycles. The zero-order valence-electron chi connectivity index (χ0n) is 2.70. The first-order valence-electron chi connectivity index (χ1n) is 0.565. The Hall–Kier alpha value is -0.240. The van der Waals surface area contributed by atoms with Crippen LogP contribution in [0.25, 0.3) is 0 Å². The largest absolute Gasteiger partial charge is 0.412 e. The molecule has 0 heterocycles. The van der Waals surface area contributed by atoms with Crippen LogP contribution in [0.15, 0.2) is 0 Å². The van der Waals surface area contributed by atoms with Gasteiger partial charge in [0.2, 0.25) is 0 Å². The molecular weight excluding hydrogens is 96.0 g/mol. The summed E-state index contributed by atoms with van der Waals surface area (Å²) in [6, 6.07) is 0. The van der Waals surface area contributed by atoms with Gasteiger partial charge < -0.3 is 5.48 Å². The molecule has 0 rings (SSSR count). The monoisotopic (exact) mass is 102 g/mol. The molecule has 0 saturated heterocycles. The standard InChI is InChI=1S/H2O3.H2O2.H2O/c1-3-2;1-2;/h1-2H;1-2H;1H2. The van der Waals surface area contributed by atoms with Crippen LogP contribution in [-0.2, 0) is 5.04 Å². The predicted octanol–water partition coefficient (Wildman–Crippen LogP) is -0.858. The van der Waals surface area contributed by atoms with E-state index in [1.54, 1.807) is 0 Å². The van der Waals surface area contributed by atoms with Crippen molar-refractivity contribution in [1.29, 1.82) is 0 Å². The fourth-order valence-electron chi connectivity index (χ4n) is 0.